The van der Waals surface area contributed by atoms with Gasteiger partial charge in [-0.2, -0.15) is 0 Å². The number of hydrogen-bond acceptors (Lipinski definition) is 3. The van der Waals surface area contributed by atoms with Crippen LogP contribution in [0.15, 0.2) is 0 Å². The summed E-state index contributed by atoms with van der Waals surface area (Å²) in [7, 11) is 0. The van der Waals surface area contributed by atoms with Crippen molar-refractivity contribution in [3.8, 4) is 0 Å². The van der Waals surface area contributed by atoms with Crippen LogP contribution in [-0.4, -0.2) is 29.4 Å². The number of nitrogens with one attached hydrogen (secondary N) is 1. The second kappa shape index (κ2) is 4.23. The third-order valence-electron chi connectivity index (χ3n) is 2.05. The van der Waals surface area contributed by atoms with Crippen molar-refractivity contribution < 1.29 is 9.59 Å². The van der Waals surface area contributed by atoms with Crippen LogP contribution < -0.4 is 11.2 Å². The van der Waals surface area contributed by atoms with Crippen molar-refractivity contribution in [2.75, 3.05) is 6.54 Å². The topological polar surface area (TPSA) is 75.4 Å². The van der Waals surface area contributed by atoms with Crippen molar-refractivity contribution in [3.05, 3.63) is 0 Å². The minimum atomic E-state index is -0.395. The molecule has 0 aromatic heterocycles. The number of carbonyl (C=O) groups excluding carboxylic acids is 2. The Morgan fingerprint density at radius 3 is 3.00 bits per heavy atom. The monoisotopic (exact) mass is 185 g/mol. The van der Waals surface area contributed by atoms with Gasteiger partial charge < -0.3 is 5.73 Å². The molecule has 1 aliphatic heterocycles. The zero-order valence-electron chi connectivity index (χ0n) is 7.75. The Labute approximate surface area is 77.2 Å². The molecule has 5 nitrogen and oxygen atoms in total. The van der Waals surface area contributed by atoms with Gasteiger partial charge in [0.05, 0.1) is 0 Å². The van der Waals surface area contributed by atoms with Crippen LogP contribution in [0.2, 0.25) is 0 Å². The smallest absolute Gasteiger partial charge is 0.236 e. The highest BCUT2D eigenvalue weighted by molar-refractivity contribution is 5.84. The van der Waals surface area contributed by atoms with E-state index in [1.807, 2.05) is 6.92 Å². The van der Waals surface area contributed by atoms with Crippen molar-refractivity contribution in [2.45, 2.75) is 32.2 Å². The van der Waals surface area contributed by atoms with Gasteiger partial charge in [0, 0.05) is 13.0 Å². The van der Waals surface area contributed by atoms with E-state index in [4.69, 9.17) is 5.73 Å². The Balaban J connectivity index is 2.52. The summed E-state index contributed by atoms with van der Waals surface area (Å²) in [4.78, 5) is 22.1. The molecule has 1 rings (SSSR count). The highest BCUT2D eigenvalue weighted by Gasteiger charge is 2.27. The number of nitrogens with zero attached hydrogens (tertiary/aromatic N) is 1. The van der Waals surface area contributed by atoms with E-state index in [-0.39, 0.29) is 11.9 Å². The van der Waals surface area contributed by atoms with Crippen LogP contribution in [0.1, 0.15) is 26.2 Å². The molecule has 5 heteroatoms. The summed E-state index contributed by atoms with van der Waals surface area (Å²) in [5, 5.41) is 1.49. The highest BCUT2D eigenvalue weighted by Crippen LogP contribution is 2.08. The van der Waals surface area contributed by atoms with Gasteiger partial charge in [-0.05, 0) is 12.8 Å². The number of nitrogens with two attached hydrogens (primary N) is 1. The van der Waals surface area contributed by atoms with Gasteiger partial charge in [0.2, 0.25) is 11.8 Å². The Morgan fingerprint density at radius 1 is 1.77 bits per heavy atom. The first-order chi connectivity index (χ1) is 6.15. The maximum absolute atomic E-state index is 11.3. The molecule has 1 saturated heterocycles. The number of rotatable bonds is 3. The molecule has 0 aromatic rings. The van der Waals surface area contributed by atoms with Gasteiger partial charge in [-0.1, -0.05) is 6.92 Å². The van der Waals surface area contributed by atoms with Crippen LogP contribution in [0.4, 0.5) is 0 Å². The summed E-state index contributed by atoms with van der Waals surface area (Å²) in [6.07, 6.45) is 1.78. The third kappa shape index (κ3) is 2.42. The number of amides is 2. The fourth-order valence-corrected chi connectivity index (χ4v) is 1.35. The second-order valence-corrected chi connectivity index (χ2v) is 3.17. The molecule has 0 aromatic carbocycles. The molecule has 1 atom stereocenters. The van der Waals surface area contributed by atoms with Crippen LogP contribution in [0, 0.1) is 0 Å². The zero-order chi connectivity index (χ0) is 9.84. The fraction of sp³-hybridized carbons (Fsp3) is 0.750. The second-order valence-electron chi connectivity index (χ2n) is 3.17. The normalized spacial score (nSPS) is 23.3. The Morgan fingerprint density at radius 2 is 2.46 bits per heavy atom. The van der Waals surface area contributed by atoms with Gasteiger partial charge in [0.25, 0.3) is 0 Å². The molecule has 0 radical (unpaired) electrons. The van der Waals surface area contributed by atoms with Gasteiger partial charge in [-0.15, -0.1) is 0 Å². The zero-order valence-corrected chi connectivity index (χ0v) is 7.75. The summed E-state index contributed by atoms with van der Waals surface area (Å²) in [6.45, 7) is 2.60. The summed E-state index contributed by atoms with van der Waals surface area (Å²) in [6, 6.07) is -0.385. The first kappa shape index (κ1) is 9.98. The predicted molar refractivity (Wildman–Crippen MR) is 47.4 cm³/mol. The molecule has 0 saturated carbocycles. The van der Waals surface area contributed by atoms with Crippen molar-refractivity contribution in [1.29, 1.82) is 0 Å². The van der Waals surface area contributed by atoms with E-state index in [1.54, 1.807) is 0 Å². The van der Waals surface area contributed by atoms with Crippen LogP contribution >= 0.6 is 0 Å². The van der Waals surface area contributed by atoms with E-state index in [1.165, 1.54) is 5.01 Å². The van der Waals surface area contributed by atoms with E-state index in [0.717, 1.165) is 6.42 Å². The summed E-state index contributed by atoms with van der Waals surface area (Å²) in [5.74, 6) is -0.354. The average molecular weight is 185 g/mol. The van der Waals surface area contributed by atoms with E-state index in [0.29, 0.717) is 19.4 Å². The minimum absolute atomic E-state index is 0.0411. The largest absolute Gasteiger partial charge is 0.368 e. The molecule has 3 N–H and O–H groups in total. The molecule has 13 heavy (non-hydrogen) atoms. The van der Waals surface area contributed by atoms with Crippen molar-refractivity contribution >= 4 is 11.8 Å². The molecule has 2 amide bonds. The third-order valence-corrected chi connectivity index (χ3v) is 2.05. The lowest BCUT2D eigenvalue weighted by Gasteiger charge is -2.31. The SMILES string of the molecule is CCCN1NC(C(N)=O)CCC1=O. The lowest BCUT2D eigenvalue weighted by Crippen LogP contribution is -2.57. The highest BCUT2D eigenvalue weighted by atomic mass is 16.2. The molecule has 0 bridgehead atoms. The van der Waals surface area contributed by atoms with E-state index in [9.17, 15) is 9.59 Å². The van der Waals surface area contributed by atoms with E-state index < -0.39 is 5.91 Å². The summed E-state index contributed by atoms with van der Waals surface area (Å²) in [5.41, 5.74) is 7.94. The van der Waals surface area contributed by atoms with Crippen molar-refractivity contribution in [3.63, 3.8) is 0 Å². The number of hydrazine groups is 1. The Hall–Kier alpha value is -1.10. The Bertz CT molecular complexity index is 217. The molecule has 0 spiro atoms. The molecular weight excluding hydrogens is 170 g/mol. The number of primary amides is 1. The van der Waals surface area contributed by atoms with Crippen LogP contribution in [-0.2, 0) is 9.59 Å². The van der Waals surface area contributed by atoms with Gasteiger partial charge in [-0.25, -0.2) is 5.43 Å². The maximum atomic E-state index is 11.3. The van der Waals surface area contributed by atoms with Crippen molar-refractivity contribution in [2.24, 2.45) is 5.73 Å². The minimum Gasteiger partial charge on any atom is -0.368 e. The summed E-state index contributed by atoms with van der Waals surface area (Å²) < 4.78 is 0. The van der Waals surface area contributed by atoms with Gasteiger partial charge >= 0.3 is 0 Å². The van der Waals surface area contributed by atoms with E-state index >= 15 is 0 Å². The molecular formula is C8H15N3O2. The molecule has 74 valence electrons. The van der Waals surface area contributed by atoms with Crippen LogP contribution in [0.5, 0.6) is 0 Å². The quantitative estimate of drug-likeness (QED) is 0.615. The molecule has 1 unspecified atom stereocenters. The molecule has 1 aliphatic rings. The van der Waals surface area contributed by atoms with Gasteiger partial charge in [-0.3, -0.25) is 14.6 Å². The maximum Gasteiger partial charge on any atom is 0.236 e. The first-order valence-electron chi connectivity index (χ1n) is 4.51. The predicted octanol–water partition coefficient (Wildman–Crippen LogP) is -0.623. The molecule has 1 fully saturated rings. The van der Waals surface area contributed by atoms with Gasteiger partial charge in [0.1, 0.15) is 6.04 Å². The number of hydrogen-bond donors (Lipinski definition) is 2. The standard InChI is InChI=1S/C8H15N3O2/c1-2-5-11-7(12)4-3-6(10-11)8(9)13/h6,10H,2-5H2,1H3,(H2,9,13). The van der Waals surface area contributed by atoms with Crippen LogP contribution in [0.25, 0.3) is 0 Å². The Kier molecular flexibility index (Phi) is 3.25. The van der Waals surface area contributed by atoms with Gasteiger partial charge in [0.15, 0.2) is 0 Å². The first-order valence-corrected chi connectivity index (χ1v) is 4.51. The lowest BCUT2D eigenvalue weighted by molar-refractivity contribution is -0.141. The van der Waals surface area contributed by atoms with Crippen molar-refractivity contribution in [1.82, 2.24) is 10.4 Å². The average Bonchev–Trinajstić information content (AvgIpc) is 2.08. The van der Waals surface area contributed by atoms with Crippen LogP contribution in [0.3, 0.4) is 0 Å². The number of carbonyl (C=O) groups is 2. The fourth-order valence-electron chi connectivity index (χ4n) is 1.35. The molecule has 1 heterocycles. The molecule has 0 aliphatic carbocycles. The van der Waals surface area contributed by atoms with E-state index in [2.05, 4.69) is 5.43 Å². The lowest BCUT2D eigenvalue weighted by atomic mass is 10.1. The summed E-state index contributed by atoms with van der Waals surface area (Å²) >= 11 is 0.